The summed E-state index contributed by atoms with van der Waals surface area (Å²) in [7, 11) is -12.3. The van der Waals surface area contributed by atoms with E-state index >= 15 is 0 Å². The van der Waals surface area contributed by atoms with Gasteiger partial charge in [0.05, 0.1) is 105 Å². The number of halogens is 10. The maximum absolute atomic E-state index is 14.8. The third-order valence-corrected chi connectivity index (χ3v) is 34.3. The summed E-state index contributed by atoms with van der Waals surface area (Å²) in [6.07, 6.45) is 9.39. The van der Waals surface area contributed by atoms with Crippen LogP contribution in [0, 0.1) is 40.4 Å². The third kappa shape index (κ3) is 23.0. The van der Waals surface area contributed by atoms with E-state index in [9.17, 15) is 92.4 Å². The van der Waals surface area contributed by atoms with Crippen LogP contribution in [0.25, 0.3) is 0 Å². The lowest BCUT2D eigenvalue weighted by Gasteiger charge is -2.44. The summed E-state index contributed by atoms with van der Waals surface area (Å²) in [5.74, 6) is -1.26. The van der Waals surface area contributed by atoms with Gasteiger partial charge < -0.3 is 39.2 Å². The maximum Gasteiger partial charge on any atom is 0.451 e. The first-order chi connectivity index (χ1) is 60.9. The first-order valence-electron chi connectivity index (χ1n) is 42.3. The van der Waals surface area contributed by atoms with Gasteiger partial charge in [0.15, 0.2) is 10.8 Å². The molecule has 2 saturated carbocycles. The Morgan fingerprint density at radius 2 is 0.711 bits per heavy atom. The summed E-state index contributed by atoms with van der Waals surface area (Å²) in [6, 6.07) is 17.4. The van der Waals surface area contributed by atoms with Crippen molar-refractivity contribution in [2.75, 3.05) is 144 Å². The van der Waals surface area contributed by atoms with E-state index in [4.69, 9.17) is 11.6 Å². The van der Waals surface area contributed by atoms with E-state index < -0.39 is 104 Å². The zero-order valence-electron chi connectivity index (χ0n) is 69.2. The predicted octanol–water partition coefficient (Wildman–Crippen LogP) is 11.8. The highest BCUT2D eigenvalue weighted by Crippen LogP contribution is 2.44. The molecule has 688 valence electrons. The molecule has 0 bridgehead atoms. The lowest BCUT2D eigenvalue weighted by Crippen LogP contribution is -2.53. The summed E-state index contributed by atoms with van der Waals surface area (Å²) in [5, 5.41) is -0.414. The highest BCUT2D eigenvalue weighted by Gasteiger charge is 2.46. The van der Waals surface area contributed by atoms with E-state index in [1.54, 1.807) is 60.9 Å². The number of alkyl halides is 6. The molecule has 8 saturated heterocycles. The average molecular weight is 1920 g/mol. The molecule has 128 heavy (non-hydrogen) atoms. The van der Waals surface area contributed by atoms with Crippen LogP contribution in [-0.4, -0.2) is 241 Å². The Morgan fingerprint density at radius 3 is 1.05 bits per heavy atom. The number of hydrogen-bond acceptors (Lipinski definition) is 26. The maximum atomic E-state index is 14.8. The summed E-state index contributed by atoms with van der Waals surface area (Å²) >= 11 is 8.58. The predicted molar refractivity (Wildman–Crippen MR) is 461 cm³/mol. The fourth-order valence-electron chi connectivity index (χ4n) is 17.5. The quantitative estimate of drug-likeness (QED) is 0.0913. The number of nitrogens with zero attached hydrogens (tertiary/aromatic N) is 16. The van der Waals surface area contributed by atoms with Gasteiger partial charge in [-0.1, -0.05) is 48.0 Å². The van der Waals surface area contributed by atoms with Crippen LogP contribution in [-0.2, 0) is 70.9 Å². The van der Waals surface area contributed by atoms with Gasteiger partial charge in [-0.15, -0.1) is 22.7 Å². The van der Waals surface area contributed by atoms with Gasteiger partial charge in [0.2, 0.25) is 41.3 Å². The van der Waals surface area contributed by atoms with Crippen LogP contribution >= 0.6 is 34.3 Å². The standard InChI is InChI=1S/C23H27FN4O3S.C21H25ClN4O3S2.C21H22F4N4O3S.C19H20F4N4O3S2/c24-20-4-2-1-3-19(20)21-15-27(23-25-13-18(14-26-23)16-5-6-16)9-10-28(21)22(29)17-7-11-32(30,31)12-8-17;22-19-4-3-18(30-19)17-13-25(21-23-11-16(12-24-21)14-1-2-14)7-8-26(17)20(27)15-5-9-31(28,29)10-6-15;22-17-4-2-1-3-16(17)18-13-28(15-11-26-20(27-12-15)21(23,24)25)7-8-29(18)19(30)14-5-9-33(31,32)10-6-14;20-16-2-1-14(31-16)13-11-26(17-10-24-15(9-25-17)19(21,22)23)5-6-27(13)18(28)12-3-7-32(29,30)8-4-12/h1-4,13-14,16-17,21H,5-12,15H2;3-4,11-12,14-15,17H,1-2,5-10,13H2;1-4,11-12,14,18H,5-10,13H2;1-2,9-10,12-13H,3-8,11H2. The van der Waals surface area contributed by atoms with Gasteiger partial charge in [0.1, 0.15) is 56.8 Å². The SMILES string of the molecule is O=C(C1CCS(=O)(=O)CC1)N1CCN(c2cnc(C(F)(F)F)cn2)CC1c1ccc(F)s1.O=C(C1CCS(=O)(=O)CC1)N1CCN(c2cnc(C(F)(F)F)nc2)CC1c1ccccc1F.O=C(C1CCS(=O)(=O)CC1)N1CCN(c2ncc(C3CC3)cn2)CC1c1ccc(Cl)s1.O=C(C1CCS(=O)(=O)CC1)N1CCN(c2ncc(C3CC3)cn2)CC1c1ccccc1F. The Morgan fingerprint density at radius 1 is 0.359 bits per heavy atom. The van der Waals surface area contributed by atoms with Crippen LogP contribution in [0.1, 0.15) is 157 Å². The topological polar surface area (TPSA) is 334 Å². The van der Waals surface area contributed by atoms with Gasteiger partial charge in [0, 0.05) is 148 Å². The zero-order chi connectivity index (χ0) is 90.8. The second-order valence-corrected chi connectivity index (χ2v) is 45.7. The molecule has 28 nitrogen and oxygen atoms in total. The lowest BCUT2D eigenvalue weighted by atomic mass is 9.96. The van der Waals surface area contributed by atoms with E-state index in [1.807, 2.05) is 46.7 Å². The minimum atomic E-state index is -4.66. The molecule has 14 heterocycles. The van der Waals surface area contributed by atoms with Gasteiger partial charge in [-0.2, -0.15) is 30.7 Å². The minimum Gasteiger partial charge on any atom is -0.365 e. The summed E-state index contributed by atoms with van der Waals surface area (Å²) < 4.78 is 215. The molecule has 4 unspecified atom stereocenters. The number of carbonyl (C=O) groups excluding carboxylic acids is 4. The fourth-order valence-corrected chi connectivity index (χ4v) is 25.5. The van der Waals surface area contributed by atoms with Gasteiger partial charge in [-0.05, 0) is 136 Å². The Hall–Kier alpha value is -9.30. The molecule has 4 atom stereocenters. The van der Waals surface area contributed by atoms with Gasteiger partial charge in [0.25, 0.3) is 0 Å². The molecule has 10 fully saturated rings. The lowest BCUT2D eigenvalue weighted by molar-refractivity contribution is -0.145. The number of piperazine rings is 4. The van der Waals surface area contributed by atoms with Crippen LogP contribution in [0.5, 0.6) is 0 Å². The summed E-state index contributed by atoms with van der Waals surface area (Å²) in [4.78, 5) is 102. The van der Waals surface area contributed by atoms with E-state index in [1.165, 1.54) is 66.8 Å². The largest absolute Gasteiger partial charge is 0.451 e. The van der Waals surface area contributed by atoms with Crippen LogP contribution in [0.3, 0.4) is 0 Å². The number of anilines is 4. The summed E-state index contributed by atoms with van der Waals surface area (Å²) in [6.45, 7) is 4.51. The number of rotatable bonds is 14. The minimum absolute atomic E-state index is 0.0366. The normalized spacial score (nSPS) is 23.0. The zero-order valence-corrected chi connectivity index (χ0v) is 74.9. The number of sulfone groups is 4. The van der Waals surface area contributed by atoms with E-state index in [2.05, 4.69) is 44.8 Å². The van der Waals surface area contributed by atoms with Crippen LogP contribution < -0.4 is 19.6 Å². The van der Waals surface area contributed by atoms with Crippen molar-refractivity contribution in [2.45, 2.75) is 125 Å². The summed E-state index contributed by atoms with van der Waals surface area (Å²) in [5.41, 5.74) is 2.33. The van der Waals surface area contributed by atoms with Crippen molar-refractivity contribution < 1.29 is 92.4 Å². The monoisotopic (exact) mass is 1920 g/mol. The highest BCUT2D eigenvalue weighted by atomic mass is 35.5. The Kier molecular flexibility index (Phi) is 28.5. The molecule has 18 rings (SSSR count). The first-order valence-corrected chi connectivity index (χ1v) is 51.6. The average Bonchev–Trinajstić information content (AvgIpc) is 0.914. The second kappa shape index (κ2) is 39.0. The highest BCUT2D eigenvalue weighted by molar-refractivity contribution is 7.92. The van der Waals surface area contributed by atoms with Crippen molar-refractivity contribution in [3.8, 4) is 0 Å². The number of carbonyl (C=O) groups is 4. The van der Waals surface area contributed by atoms with Gasteiger partial charge in [-0.3, -0.25) is 19.2 Å². The molecular weight excluding hydrogens is 1820 g/mol. The molecule has 4 amide bonds. The van der Waals surface area contributed by atoms with Gasteiger partial charge >= 0.3 is 12.4 Å². The molecule has 2 aliphatic carbocycles. The number of amides is 4. The van der Waals surface area contributed by atoms with Crippen molar-refractivity contribution in [1.29, 1.82) is 0 Å². The number of benzene rings is 2. The smallest absolute Gasteiger partial charge is 0.365 e. The van der Waals surface area contributed by atoms with Crippen molar-refractivity contribution in [2.24, 2.45) is 23.7 Å². The molecule has 8 aliphatic heterocycles. The Labute approximate surface area is 747 Å². The van der Waals surface area contributed by atoms with Crippen molar-refractivity contribution in [3.05, 3.63) is 187 Å². The molecule has 44 heteroatoms. The number of thiophene rings is 2. The molecule has 0 N–H and O–H groups in total. The molecule has 0 spiro atoms. The van der Waals surface area contributed by atoms with E-state index in [0.717, 1.165) is 40.4 Å². The Balaban J connectivity index is 0.000000131. The number of hydrogen-bond donors (Lipinski definition) is 0. The van der Waals surface area contributed by atoms with Crippen LogP contribution in [0.2, 0.25) is 4.34 Å². The van der Waals surface area contributed by atoms with E-state index in [0.29, 0.717) is 122 Å². The molecule has 2 aromatic carbocycles. The van der Waals surface area contributed by atoms with Crippen molar-refractivity contribution in [1.82, 2.24) is 59.5 Å². The molecule has 6 aromatic heterocycles. The second-order valence-electron chi connectivity index (χ2n) is 33.7. The van der Waals surface area contributed by atoms with Crippen molar-refractivity contribution >= 4 is 121 Å². The fraction of sp³-hybridized carbons (Fsp3) is 0.524. The molecule has 8 aromatic rings. The van der Waals surface area contributed by atoms with Crippen molar-refractivity contribution in [3.63, 3.8) is 0 Å². The Bertz CT molecular complexity index is 5740. The first kappa shape index (κ1) is 93.4. The van der Waals surface area contributed by atoms with Crippen LogP contribution in [0.4, 0.5) is 62.9 Å². The number of aromatic nitrogens is 8. The van der Waals surface area contributed by atoms with Crippen LogP contribution in [0.15, 0.2) is 122 Å². The van der Waals surface area contributed by atoms with Gasteiger partial charge in [-0.25, -0.2) is 82.3 Å². The molecule has 10 aliphatic rings. The molecular formula is C84H94ClF9N16O12S6. The van der Waals surface area contributed by atoms with E-state index in [-0.39, 0.29) is 163 Å². The molecule has 0 radical (unpaired) electrons. The third-order valence-electron chi connectivity index (χ3n) is 25.1.